The smallest absolute Gasteiger partial charge is 0.169 e. The van der Waals surface area contributed by atoms with Crippen LogP contribution in [-0.4, -0.2) is 21.4 Å². The van der Waals surface area contributed by atoms with E-state index >= 15 is 0 Å². The van der Waals surface area contributed by atoms with E-state index in [0.717, 1.165) is 58.6 Å². The Morgan fingerprint density at radius 2 is 2.00 bits per heavy atom. The second-order valence-electron chi connectivity index (χ2n) is 5.84. The highest BCUT2D eigenvalue weighted by Crippen LogP contribution is 2.24. The van der Waals surface area contributed by atoms with E-state index in [1.165, 1.54) is 5.56 Å². The number of hydrogen-bond donors (Lipinski definition) is 0. The van der Waals surface area contributed by atoms with Gasteiger partial charge in [0.2, 0.25) is 0 Å². The summed E-state index contributed by atoms with van der Waals surface area (Å²) in [5.74, 6) is 1.72. The number of hydrogen-bond acceptors (Lipinski definition) is 4. The highest BCUT2D eigenvalue weighted by Gasteiger charge is 2.19. The summed E-state index contributed by atoms with van der Waals surface area (Å²) in [5, 5.41) is 0.719. The van der Waals surface area contributed by atoms with Gasteiger partial charge in [-0.25, -0.2) is 9.97 Å². The molecule has 4 rings (SSSR count). The molecule has 2 aromatic heterocycles. The average Bonchev–Trinajstić information content (AvgIpc) is 3.00. The molecule has 1 aliphatic heterocycles. The van der Waals surface area contributed by atoms with Gasteiger partial charge < -0.3 is 4.42 Å². The first-order valence-corrected chi connectivity index (χ1v) is 8.92. The molecule has 1 aromatic carbocycles. The van der Waals surface area contributed by atoms with Crippen LogP contribution in [0, 0.1) is 0 Å². The van der Waals surface area contributed by atoms with Crippen molar-refractivity contribution in [3.63, 3.8) is 0 Å². The molecule has 6 heteroatoms. The number of furan rings is 1. The maximum absolute atomic E-state index is 5.94. The van der Waals surface area contributed by atoms with Crippen molar-refractivity contribution in [2.24, 2.45) is 0 Å². The third-order valence-corrected chi connectivity index (χ3v) is 4.80. The maximum Gasteiger partial charge on any atom is 0.169 e. The van der Waals surface area contributed by atoms with E-state index in [2.05, 4.69) is 25.8 Å². The van der Waals surface area contributed by atoms with Crippen molar-refractivity contribution in [2.75, 3.05) is 6.54 Å². The topological polar surface area (TPSA) is 42.2 Å². The molecule has 3 heterocycles. The predicted octanol–water partition coefficient (Wildman–Crippen LogP) is 4.71. The molecule has 0 unspecified atom stereocenters. The van der Waals surface area contributed by atoms with Crippen molar-refractivity contribution >= 4 is 27.5 Å². The molecule has 24 heavy (non-hydrogen) atoms. The lowest BCUT2D eigenvalue weighted by molar-refractivity contribution is 0.222. The third kappa shape index (κ3) is 3.38. The van der Waals surface area contributed by atoms with E-state index in [9.17, 15) is 0 Å². The number of rotatable bonds is 3. The van der Waals surface area contributed by atoms with E-state index in [-0.39, 0.29) is 0 Å². The van der Waals surface area contributed by atoms with Gasteiger partial charge in [-0.2, -0.15) is 0 Å². The van der Waals surface area contributed by atoms with Crippen LogP contribution in [0.1, 0.15) is 17.0 Å². The number of aromatic nitrogens is 2. The van der Waals surface area contributed by atoms with Crippen LogP contribution in [0.25, 0.3) is 11.4 Å². The van der Waals surface area contributed by atoms with Crippen LogP contribution >= 0.6 is 27.5 Å². The van der Waals surface area contributed by atoms with Crippen LogP contribution in [0.3, 0.4) is 0 Å². The molecule has 0 bridgehead atoms. The molecular formula is C18H15BrClN3O. The monoisotopic (exact) mass is 403 g/mol. The summed E-state index contributed by atoms with van der Waals surface area (Å²) in [6.07, 6.45) is 2.86. The molecule has 0 saturated carbocycles. The Hall–Kier alpha value is -1.69. The van der Waals surface area contributed by atoms with Gasteiger partial charge >= 0.3 is 0 Å². The Morgan fingerprint density at radius 3 is 2.75 bits per heavy atom. The zero-order chi connectivity index (χ0) is 16.5. The minimum Gasteiger partial charge on any atom is -0.453 e. The van der Waals surface area contributed by atoms with E-state index in [1.54, 1.807) is 0 Å². The quantitative estimate of drug-likeness (QED) is 0.634. The Bertz CT molecular complexity index is 863. The van der Waals surface area contributed by atoms with Crippen LogP contribution in [0.4, 0.5) is 0 Å². The largest absolute Gasteiger partial charge is 0.453 e. The first kappa shape index (κ1) is 15.8. The van der Waals surface area contributed by atoms with Gasteiger partial charge in [0.25, 0.3) is 0 Å². The van der Waals surface area contributed by atoms with Crippen molar-refractivity contribution in [1.29, 1.82) is 0 Å². The van der Waals surface area contributed by atoms with Gasteiger partial charge in [0, 0.05) is 41.9 Å². The minimum atomic E-state index is 0.719. The number of benzene rings is 1. The summed E-state index contributed by atoms with van der Waals surface area (Å²) in [7, 11) is 0. The van der Waals surface area contributed by atoms with Crippen molar-refractivity contribution in [3.05, 3.63) is 69.3 Å². The van der Waals surface area contributed by atoms with E-state index in [4.69, 9.17) is 21.0 Å². The molecule has 0 N–H and O–H groups in total. The predicted molar refractivity (Wildman–Crippen MR) is 96.7 cm³/mol. The highest BCUT2D eigenvalue weighted by atomic mass is 79.9. The second-order valence-corrected chi connectivity index (χ2v) is 7.06. The maximum atomic E-state index is 5.94. The lowest BCUT2D eigenvalue weighted by atomic mass is 10.1. The van der Waals surface area contributed by atoms with Gasteiger partial charge in [-0.3, -0.25) is 4.90 Å². The molecule has 0 fully saturated rings. The molecule has 122 valence electrons. The van der Waals surface area contributed by atoms with Crippen molar-refractivity contribution in [3.8, 4) is 11.4 Å². The van der Waals surface area contributed by atoms with E-state index in [0.29, 0.717) is 0 Å². The van der Waals surface area contributed by atoms with Crippen LogP contribution in [0.5, 0.6) is 0 Å². The number of fused-ring (bicyclic) bond motifs is 1. The first-order valence-electron chi connectivity index (χ1n) is 7.75. The normalized spacial score (nSPS) is 14.6. The average molecular weight is 405 g/mol. The molecule has 0 saturated heterocycles. The standard InChI is InChI=1S/C18H15BrClN3O/c19-17-6-5-15(24-17)11-23-8-7-16-13(10-23)9-21-18(22-16)12-1-3-14(20)4-2-12/h1-6,9H,7-8,10-11H2. The van der Waals surface area contributed by atoms with Crippen molar-refractivity contribution in [2.45, 2.75) is 19.5 Å². The number of nitrogens with zero attached hydrogens (tertiary/aromatic N) is 3. The molecule has 3 aromatic rings. The van der Waals surface area contributed by atoms with Gasteiger partial charge in [-0.15, -0.1) is 0 Å². The fourth-order valence-corrected chi connectivity index (χ4v) is 3.37. The molecule has 4 nitrogen and oxygen atoms in total. The van der Waals surface area contributed by atoms with Gasteiger partial charge in [0.05, 0.1) is 12.2 Å². The SMILES string of the molecule is Clc1ccc(-c2ncc3c(n2)CCN(Cc2ccc(Br)o2)C3)cc1. The lowest BCUT2D eigenvalue weighted by Crippen LogP contribution is -2.30. The van der Waals surface area contributed by atoms with Gasteiger partial charge in [0.15, 0.2) is 10.5 Å². The Kier molecular flexibility index (Phi) is 4.39. The van der Waals surface area contributed by atoms with Crippen LogP contribution in [0.2, 0.25) is 5.02 Å². The minimum absolute atomic E-state index is 0.719. The fourth-order valence-electron chi connectivity index (χ4n) is 2.90. The van der Waals surface area contributed by atoms with Crippen LogP contribution in [-0.2, 0) is 19.5 Å². The summed E-state index contributed by atoms with van der Waals surface area (Å²) < 4.78 is 6.36. The van der Waals surface area contributed by atoms with Gasteiger partial charge in [-0.1, -0.05) is 11.6 Å². The zero-order valence-corrected chi connectivity index (χ0v) is 15.2. The van der Waals surface area contributed by atoms with E-state index in [1.807, 2.05) is 42.6 Å². The van der Waals surface area contributed by atoms with Gasteiger partial charge in [-0.05, 0) is 52.3 Å². The highest BCUT2D eigenvalue weighted by molar-refractivity contribution is 9.10. The third-order valence-electron chi connectivity index (χ3n) is 4.12. The second kappa shape index (κ2) is 6.67. The summed E-state index contributed by atoms with van der Waals surface area (Å²) >= 11 is 9.29. The Balaban J connectivity index is 1.52. The number of halogens is 2. The van der Waals surface area contributed by atoms with Crippen LogP contribution < -0.4 is 0 Å². The van der Waals surface area contributed by atoms with Gasteiger partial charge in [0.1, 0.15) is 5.76 Å². The molecule has 0 atom stereocenters. The van der Waals surface area contributed by atoms with E-state index < -0.39 is 0 Å². The summed E-state index contributed by atoms with van der Waals surface area (Å²) in [6.45, 7) is 2.60. The van der Waals surface area contributed by atoms with Crippen molar-refractivity contribution < 1.29 is 4.42 Å². The molecule has 0 spiro atoms. The fraction of sp³-hybridized carbons (Fsp3) is 0.222. The Labute approximate surface area is 153 Å². The summed E-state index contributed by atoms with van der Waals surface area (Å²) in [6, 6.07) is 11.6. The van der Waals surface area contributed by atoms with Crippen LogP contribution in [0.15, 0.2) is 51.7 Å². The summed E-state index contributed by atoms with van der Waals surface area (Å²) in [5.41, 5.74) is 3.31. The zero-order valence-electron chi connectivity index (χ0n) is 12.9. The molecule has 0 amide bonds. The molecule has 1 aliphatic rings. The van der Waals surface area contributed by atoms with Crippen molar-refractivity contribution in [1.82, 2.24) is 14.9 Å². The molecule has 0 aliphatic carbocycles. The molecule has 0 radical (unpaired) electrons. The summed E-state index contributed by atoms with van der Waals surface area (Å²) in [4.78, 5) is 11.6. The molecular weight excluding hydrogens is 390 g/mol. The Morgan fingerprint density at radius 1 is 1.17 bits per heavy atom. The lowest BCUT2D eigenvalue weighted by Gasteiger charge is -2.27. The first-order chi connectivity index (χ1) is 11.7.